The van der Waals surface area contributed by atoms with Gasteiger partial charge >= 0.3 is 12.1 Å². The molecule has 0 aromatic heterocycles. The monoisotopic (exact) mass is 499 g/mol. The Balaban J connectivity index is 1.51. The van der Waals surface area contributed by atoms with Crippen LogP contribution in [0.2, 0.25) is 0 Å². The van der Waals surface area contributed by atoms with Crippen LogP contribution < -0.4 is 14.8 Å². The molecule has 0 saturated heterocycles. The third-order valence-electron chi connectivity index (χ3n) is 5.39. The predicted molar refractivity (Wildman–Crippen MR) is 135 cm³/mol. The molecule has 0 saturated carbocycles. The maximum absolute atomic E-state index is 12.6. The van der Waals surface area contributed by atoms with Gasteiger partial charge < -0.3 is 33.7 Å². The molecule has 0 heterocycles. The van der Waals surface area contributed by atoms with Crippen LogP contribution in [0, 0.1) is 0 Å². The Morgan fingerprint density at radius 2 is 1.53 bits per heavy atom. The van der Waals surface area contributed by atoms with Gasteiger partial charge in [0.15, 0.2) is 0 Å². The van der Waals surface area contributed by atoms with E-state index in [2.05, 4.69) is 24.0 Å². The summed E-state index contributed by atoms with van der Waals surface area (Å²) >= 11 is 0. The molecule has 0 aliphatic heterocycles. The number of carbonyl (C=O) groups excluding carboxylic acids is 2. The van der Waals surface area contributed by atoms with Crippen LogP contribution in [0.3, 0.4) is 0 Å². The topological polar surface area (TPSA) is 102 Å². The van der Waals surface area contributed by atoms with E-state index in [1.807, 2.05) is 24.3 Å². The maximum atomic E-state index is 12.6. The number of hydrogen-bond acceptors (Lipinski definition) is 8. The Morgan fingerprint density at radius 3 is 2.22 bits per heavy atom. The van der Waals surface area contributed by atoms with Crippen molar-refractivity contribution in [3.63, 3.8) is 0 Å². The summed E-state index contributed by atoms with van der Waals surface area (Å²) in [6.45, 7) is 5.96. The zero-order valence-electron chi connectivity index (χ0n) is 20.6. The lowest BCUT2D eigenvalue weighted by Crippen LogP contribution is -2.31. The van der Waals surface area contributed by atoms with Gasteiger partial charge in [-0.15, -0.1) is 0 Å². The molecule has 1 aliphatic rings. The number of benzene rings is 2. The van der Waals surface area contributed by atoms with Crippen molar-refractivity contribution in [2.45, 2.75) is 12.8 Å². The number of hydrogen-bond donors (Lipinski definition) is 1. The van der Waals surface area contributed by atoms with Crippen molar-refractivity contribution < 1.29 is 38.0 Å². The molecular formula is C27H33NO8. The van der Waals surface area contributed by atoms with E-state index in [0.717, 1.165) is 33.7 Å². The molecule has 2 aromatic rings. The lowest BCUT2D eigenvalue weighted by molar-refractivity contribution is -0.139. The maximum Gasteiger partial charge on any atom is 0.412 e. The molecular weight excluding hydrogens is 466 g/mol. The molecule has 36 heavy (non-hydrogen) atoms. The van der Waals surface area contributed by atoms with Gasteiger partial charge in [-0.2, -0.15) is 0 Å². The summed E-state index contributed by atoms with van der Waals surface area (Å²) in [5.41, 5.74) is 1.98. The fraction of sp³-hybridized carbons (Fsp3) is 0.407. The molecule has 1 amide bonds. The first-order chi connectivity index (χ1) is 17.7. The van der Waals surface area contributed by atoms with Crippen LogP contribution in [-0.4, -0.2) is 72.0 Å². The molecule has 0 radical (unpaired) electrons. The van der Waals surface area contributed by atoms with Crippen molar-refractivity contribution in [3.8, 4) is 11.5 Å². The molecule has 194 valence electrons. The largest absolute Gasteiger partial charge is 0.490 e. The van der Waals surface area contributed by atoms with E-state index in [1.165, 1.54) is 0 Å². The highest BCUT2D eigenvalue weighted by Crippen LogP contribution is 2.43. The summed E-state index contributed by atoms with van der Waals surface area (Å²) in [5, 5.41) is 4.45. The SMILES string of the molecule is C=CC(=O)OCCOCCOCCNC(=O)Oc1c2c(c(OCCOC)c3ccccc13)CC=CC2. The van der Waals surface area contributed by atoms with Gasteiger partial charge in [-0.1, -0.05) is 43.0 Å². The fourth-order valence-electron chi connectivity index (χ4n) is 3.76. The van der Waals surface area contributed by atoms with E-state index in [0.29, 0.717) is 51.6 Å². The molecule has 3 rings (SSSR count). The summed E-state index contributed by atoms with van der Waals surface area (Å²) in [5.74, 6) is 0.876. The average Bonchev–Trinajstić information content (AvgIpc) is 2.91. The first-order valence-corrected chi connectivity index (χ1v) is 11.9. The van der Waals surface area contributed by atoms with Gasteiger partial charge in [-0.25, -0.2) is 9.59 Å². The highest BCUT2D eigenvalue weighted by Gasteiger charge is 2.23. The van der Waals surface area contributed by atoms with Gasteiger partial charge in [-0.05, 0) is 12.8 Å². The Bertz CT molecular complexity index is 1070. The lowest BCUT2D eigenvalue weighted by atomic mass is 9.90. The van der Waals surface area contributed by atoms with Gasteiger partial charge in [-0.3, -0.25) is 0 Å². The average molecular weight is 500 g/mol. The van der Waals surface area contributed by atoms with Crippen LogP contribution >= 0.6 is 0 Å². The van der Waals surface area contributed by atoms with Crippen LogP contribution in [0.15, 0.2) is 49.1 Å². The Labute approximate surface area is 210 Å². The van der Waals surface area contributed by atoms with Crippen molar-refractivity contribution >= 4 is 22.8 Å². The second-order valence-electron chi connectivity index (χ2n) is 7.79. The summed E-state index contributed by atoms with van der Waals surface area (Å²) in [6, 6.07) is 7.76. The van der Waals surface area contributed by atoms with E-state index in [1.54, 1.807) is 7.11 Å². The Morgan fingerprint density at radius 1 is 0.889 bits per heavy atom. The summed E-state index contributed by atoms with van der Waals surface area (Å²) in [7, 11) is 1.64. The van der Waals surface area contributed by atoms with Crippen molar-refractivity contribution in [2.75, 3.05) is 59.9 Å². The second kappa shape index (κ2) is 14.9. The van der Waals surface area contributed by atoms with Gasteiger partial charge in [0.2, 0.25) is 0 Å². The van der Waals surface area contributed by atoms with Crippen LogP contribution in [0.25, 0.3) is 10.8 Å². The van der Waals surface area contributed by atoms with Gasteiger partial charge in [0.05, 0.1) is 33.0 Å². The number of nitrogens with one attached hydrogen (secondary N) is 1. The number of methoxy groups -OCH3 is 1. The molecule has 1 aliphatic carbocycles. The zero-order valence-corrected chi connectivity index (χ0v) is 20.6. The highest BCUT2D eigenvalue weighted by molar-refractivity contribution is 5.97. The van der Waals surface area contributed by atoms with Crippen LogP contribution in [-0.2, 0) is 36.6 Å². The minimum atomic E-state index is -0.547. The third kappa shape index (κ3) is 7.81. The van der Waals surface area contributed by atoms with E-state index in [4.69, 9.17) is 28.4 Å². The number of esters is 1. The van der Waals surface area contributed by atoms with Crippen molar-refractivity contribution in [1.29, 1.82) is 0 Å². The third-order valence-corrected chi connectivity index (χ3v) is 5.39. The number of carbonyl (C=O) groups is 2. The minimum Gasteiger partial charge on any atom is -0.490 e. The van der Waals surface area contributed by atoms with E-state index in [-0.39, 0.29) is 19.8 Å². The molecule has 0 unspecified atom stereocenters. The first kappa shape index (κ1) is 27.2. The number of amides is 1. The highest BCUT2D eigenvalue weighted by atomic mass is 16.6. The van der Waals surface area contributed by atoms with E-state index < -0.39 is 12.1 Å². The van der Waals surface area contributed by atoms with Crippen LogP contribution in [0.4, 0.5) is 4.79 Å². The predicted octanol–water partition coefficient (Wildman–Crippen LogP) is 3.37. The quantitative estimate of drug-likeness (QED) is 0.172. The molecule has 1 N–H and O–H groups in total. The standard InChI is InChI=1S/C27H33NO8/c1-3-24(29)34-19-17-33-16-15-32-13-12-28-27(30)36-26-22-10-6-4-8-20(22)25(35-18-14-31-2)21-9-5-7-11-23(21)26/h3-8,10H,1,9,11-19H2,2H3,(H,28,30). The van der Waals surface area contributed by atoms with E-state index in [9.17, 15) is 9.59 Å². The van der Waals surface area contributed by atoms with Crippen LogP contribution in [0.1, 0.15) is 11.1 Å². The normalized spacial score (nSPS) is 12.1. The molecule has 0 bridgehead atoms. The number of fused-ring (bicyclic) bond motifs is 2. The molecule has 0 spiro atoms. The van der Waals surface area contributed by atoms with Crippen molar-refractivity contribution in [1.82, 2.24) is 5.32 Å². The Kier molecular flexibility index (Phi) is 11.2. The summed E-state index contributed by atoms with van der Waals surface area (Å²) < 4.78 is 32.6. The molecule has 9 nitrogen and oxygen atoms in total. The van der Waals surface area contributed by atoms with Crippen molar-refractivity contribution in [2.24, 2.45) is 0 Å². The summed E-state index contributed by atoms with van der Waals surface area (Å²) in [6.07, 6.45) is 6.07. The Hall–Kier alpha value is -3.40. The summed E-state index contributed by atoms with van der Waals surface area (Å²) in [4.78, 5) is 23.5. The zero-order chi connectivity index (χ0) is 25.6. The molecule has 9 heteroatoms. The van der Waals surface area contributed by atoms with Gasteiger partial charge in [0.25, 0.3) is 0 Å². The smallest absolute Gasteiger partial charge is 0.412 e. The number of allylic oxidation sites excluding steroid dienone is 2. The van der Waals surface area contributed by atoms with Gasteiger partial charge in [0, 0.05) is 41.6 Å². The first-order valence-electron chi connectivity index (χ1n) is 11.9. The fourth-order valence-corrected chi connectivity index (χ4v) is 3.76. The second-order valence-corrected chi connectivity index (χ2v) is 7.79. The van der Waals surface area contributed by atoms with Crippen molar-refractivity contribution in [3.05, 3.63) is 60.2 Å². The number of rotatable bonds is 15. The van der Waals surface area contributed by atoms with E-state index >= 15 is 0 Å². The molecule has 0 atom stereocenters. The molecule has 2 aromatic carbocycles. The molecule has 0 fully saturated rings. The lowest BCUT2D eigenvalue weighted by Gasteiger charge is -2.23. The van der Waals surface area contributed by atoms with Crippen LogP contribution in [0.5, 0.6) is 11.5 Å². The number of ether oxygens (including phenoxy) is 6. The van der Waals surface area contributed by atoms with Gasteiger partial charge in [0.1, 0.15) is 24.7 Å². The minimum absolute atomic E-state index is 0.159.